The zero-order chi connectivity index (χ0) is 20.8. The van der Waals surface area contributed by atoms with E-state index in [0.717, 1.165) is 41.7 Å². The molecule has 1 aliphatic heterocycles. The highest BCUT2D eigenvalue weighted by Gasteiger charge is 2.39. The Bertz CT molecular complexity index is 838. The van der Waals surface area contributed by atoms with E-state index in [2.05, 4.69) is 35.2 Å². The summed E-state index contributed by atoms with van der Waals surface area (Å²) < 4.78 is 5.87. The molecule has 2 aromatic carbocycles. The maximum atomic E-state index is 10.6. The number of carboxylic acids is 1. The molecule has 0 aromatic heterocycles. The van der Waals surface area contributed by atoms with Crippen LogP contribution in [0.1, 0.15) is 42.7 Å². The minimum absolute atomic E-state index is 0.688. The number of rotatable bonds is 9. The van der Waals surface area contributed by atoms with Crippen molar-refractivity contribution >= 4 is 12.0 Å². The van der Waals surface area contributed by atoms with Crippen LogP contribution in [-0.2, 0) is 4.79 Å². The van der Waals surface area contributed by atoms with Crippen LogP contribution in [0, 0.1) is 11.8 Å². The van der Waals surface area contributed by atoms with Crippen LogP contribution in [0.4, 0.5) is 0 Å². The summed E-state index contributed by atoms with van der Waals surface area (Å²) >= 11 is 0. The van der Waals surface area contributed by atoms with Gasteiger partial charge in [0, 0.05) is 12.6 Å². The quantitative estimate of drug-likeness (QED) is 0.592. The van der Waals surface area contributed by atoms with Crippen LogP contribution < -0.4 is 4.74 Å². The predicted octanol–water partition coefficient (Wildman–Crippen LogP) is 5.07. The van der Waals surface area contributed by atoms with Crippen LogP contribution in [0.25, 0.3) is 6.08 Å². The van der Waals surface area contributed by atoms with Gasteiger partial charge >= 0.3 is 5.97 Å². The van der Waals surface area contributed by atoms with Gasteiger partial charge in [0.1, 0.15) is 12.4 Å². The summed E-state index contributed by atoms with van der Waals surface area (Å²) in [6.07, 6.45) is 8.12. The fourth-order valence-electron chi connectivity index (χ4n) is 4.63. The Morgan fingerprint density at radius 1 is 1.07 bits per heavy atom. The molecule has 1 aliphatic carbocycles. The van der Waals surface area contributed by atoms with Crippen molar-refractivity contribution < 1.29 is 14.6 Å². The zero-order valence-electron chi connectivity index (χ0n) is 17.5. The molecular formula is C26H31NO3. The maximum absolute atomic E-state index is 10.6. The molecule has 1 saturated heterocycles. The number of hydrogen-bond donors (Lipinski definition) is 1. The smallest absolute Gasteiger partial charge is 0.328 e. The van der Waals surface area contributed by atoms with E-state index in [1.807, 2.05) is 24.3 Å². The molecule has 0 amide bonds. The average Bonchev–Trinajstić information content (AvgIpc) is 3.54. The molecule has 1 heterocycles. The second-order valence-electron chi connectivity index (χ2n) is 8.62. The highest BCUT2D eigenvalue weighted by Crippen LogP contribution is 2.51. The molecule has 1 N–H and O–H groups in total. The van der Waals surface area contributed by atoms with E-state index in [9.17, 15) is 4.79 Å². The van der Waals surface area contributed by atoms with Crippen molar-refractivity contribution in [3.63, 3.8) is 0 Å². The first-order valence-corrected chi connectivity index (χ1v) is 11.1. The Morgan fingerprint density at radius 2 is 1.80 bits per heavy atom. The summed E-state index contributed by atoms with van der Waals surface area (Å²) in [5, 5.41) is 8.67. The molecular weight excluding hydrogens is 374 g/mol. The van der Waals surface area contributed by atoms with Gasteiger partial charge in [-0.05, 0) is 85.9 Å². The van der Waals surface area contributed by atoms with E-state index in [1.54, 1.807) is 6.08 Å². The molecule has 158 valence electrons. The molecule has 2 aliphatic rings. The summed E-state index contributed by atoms with van der Waals surface area (Å²) in [4.78, 5) is 13.1. The molecule has 0 bridgehead atoms. The first-order valence-electron chi connectivity index (χ1n) is 11.1. The molecule has 0 spiro atoms. The molecule has 2 aromatic rings. The third-order valence-corrected chi connectivity index (χ3v) is 6.47. The molecule has 4 rings (SSSR count). The van der Waals surface area contributed by atoms with E-state index in [0.29, 0.717) is 6.61 Å². The second kappa shape index (κ2) is 9.94. The SMILES string of the molecule is O=C(O)/C=C/c1ccc(OCCN2CCC(C[C@@H]3C[C@H]3c3ccccc3)CC2)cc1. The van der Waals surface area contributed by atoms with Gasteiger partial charge in [0.15, 0.2) is 0 Å². The summed E-state index contributed by atoms with van der Waals surface area (Å²) in [6, 6.07) is 18.5. The minimum Gasteiger partial charge on any atom is -0.492 e. The zero-order valence-corrected chi connectivity index (χ0v) is 17.5. The van der Waals surface area contributed by atoms with Gasteiger partial charge in [-0.3, -0.25) is 4.90 Å². The lowest BCUT2D eigenvalue weighted by molar-refractivity contribution is -0.131. The Labute approximate surface area is 179 Å². The van der Waals surface area contributed by atoms with E-state index >= 15 is 0 Å². The third-order valence-electron chi connectivity index (χ3n) is 6.47. The van der Waals surface area contributed by atoms with E-state index in [1.165, 1.54) is 44.3 Å². The van der Waals surface area contributed by atoms with Crippen molar-refractivity contribution in [3.8, 4) is 5.75 Å². The Balaban J connectivity index is 1.12. The van der Waals surface area contributed by atoms with Crippen LogP contribution in [0.3, 0.4) is 0 Å². The molecule has 0 unspecified atom stereocenters. The van der Waals surface area contributed by atoms with Crippen molar-refractivity contribution in [3.05, 3.63) is 71.8 Å². The Kier molecular flexibility index (Phi) is 6.85. The summed E-state index contributed by atoms with van der Waals surface area (Å²) in [7, 11) is 0. The number of aliphatic carboxylic acids is 1. The van der Waals surface area contributed by atoms with Crippen LogP contribution in [-0.4, -0.2) is 42.2 Å². The number of hydrogen-bond acceptors (Lipinski definition) is 3. The lowest BCUT2D eigenvalue weighted by Gasteiger charge is -2.32. The van der Waals surface area contributed by atoms with Crippen LogP contribution in [0.15, 0.2) is 60.7 Å². The highest BCUT2D eigenvalue weighted by molar-refractivity contribution is 5.85. The van der Waals surface area contributed by atoms with Gasteiger partial charge in [-0.15, -0.1) is 0 Å². The van der Waals surface area contributed by atoms with Crippen molar-refractivity contribution in [1.82, 2.24) is 4.90 Å². The van der Waals surface area contributed by atoms with Gasteiger partial charge in [0.2, 0.25) is 0 Å². The number of nitrogens with zero attached hydrogens (tertiary/aromatic N) is 1. The van der Waals surface area contributed by atoms with Gasteiger partial charge in [0.05, 0.1) is 0 Å². The number of carboxylic acid groups (broad SMARTS) is 1. The standard InChI is InChI=1S/C26H31NO3/c28-26(29)11-8-20-6-9-24(10-7-20)30-17-16-27-14-12-21(13-15-27)18-23-19-25(23)22-4-2-1-3-5-22/h1-11,21,23,25H,12-19H2,(H,28,29)/b11-8+/t23-,25+/m1/s1. The molecule has 30 heavy (non-hydrogen) atoms. The monoisotopic (exact) mass is 405 g/mol. The van der Waals surface area contributed by atoms with Crippen molar-refractivity contribution in [2.24, 2.45) is 11.8 Å². The fraction of sp³-hybridized carbons (Fsp3) is 0.423. The largest absolute Gasteiger partial charge is 0.492 e. The Morgan fingerprint density at radius 3 is 2.50 bits per heavy atom. The fourth-order valence-corrected chi connectivity index (χ4v) is 4.63. The molecule has 0 radical (unpaired) electrons. The van der Waals surface area contributed by atoms with E-state index in [4.69, 9.17) is 9.84 Å². The molecule has 2 atom stereocenters. The molecule has 4 nitrogen and oxygen atoms in total. The number of piperidine rings is 1. The van der Waals surface area contributed by atoms with Crippen LogP contribution in [0.2, 0.25) is 0 Å². The van der Waals surface area contributed by atoms with Crippen molar-refractivity contribution in [1.29, 1.82) is 0 Å². The summed E-state index contributed by atoms with van der Waals surface area (Å²) in [5.41, 5.74) is 2.39. The average molecular weight is 406 g/mol. The van der Waals surface area contributed by atoms with E-state index < -0.39 is 5.97 Å². The summed E-state index contributed by atoms with van der Waals surface area (Å²) in [5.74, 6) is 2.49. The predicted molar refractivity (Wildman–Crippen MR) is 120 cm³/mol. The maximum Gasteiger partial charge on any atom is 0.328 e. The highest BCUT2D eigenvalue weighted by atomic mass is 16.5. The first kappa shape index (κ1) is 20.7. The Hall–Kier alpha value is -2.59. The van der Waals surface area contributed by atoms with Gasteiger partial charge < -0.3 is 9.84 Å². The topological polar surface area (TPSA) is 49.8 Å². The van der Waals surface area contributed by atoms with Crippen molar-refractivity contribution in [2.45, 2.75) is 31.6 Å². The number of likely N-dealkylation sites (tertiary alicyclic amines) is 1. The molecule has 2 fully saturated rings. The molecule has 4 heteroatoms. The van der Waals surface area contributed by atoms with Crippen LogP contribution in [0.5, 0.6) is 5.75 Å². The van der Waals surface area contributed by atoms with Gasteiger partial charge in [-0.2, -0.15) is 0 Å². The van der Waals surface area contributed by atoms with Gasteiger partial charge in [0.25, 0.3) is 0 Å². The lowest BCUT2D eigenvalue weighted by atomic mass is 9.90. The number of ether oxygens (including phenoxy) is 1. The lowest BCUT2D eigenvalue weighted by Crippen LogP contribution is -2.36. The normalized spacial score (nSPS) is 22.3. The summed E-state index contributed by atoms with van der Waals surface area (Å²) in [6.45, 7) is 4.00. The number of carbonyl (C=O) groups is 1. The van der Waals surface area contributed by atoms with Gasteiger partial charge in [-0.25, -0.2) is 4.79 Å². The van der Waals surface area contributed by atoms with Crippen LogP contribution >= 0.6 is 0 Å². The van der Waals surface area contributed by atoms with E-state index in [-0.39, 0.29) is 0 Å². The van der Waals surface area contributed by atoms with Gasteiger partial charge in [-0.1, -0.05) is 42.5 Å². The van der Waals surface area contributed by atoms with Crippen molar-refractivity contribution in [2.75, 3.05) is 26.2 Å². The molecule has 1 saturated carbocycles. The minimum atomic E-state index is -0.938. The number of benzene rings is 2. The third kappa shape index (κ3) is 5.96. The first-order chi connectivity index (χ1) is 14.7. The second-order valence-corrected chi connectivity index (χ2v) is 8.62.